The maximum absolute atomic E-state index is 2.65. The van der Waals surface area contributed by atoms with Crippen molar-refractivity contribution in [2.45, 2.75) is 60.9 Å². The van der Waals surface area contributed by atoms with Gasteiger partial charge in [0.15, 0.2) is 0 Å². The first-order valence-corrected chi connectivity index (χ1v) is 20.9. The quantitative estimate of drug-likeness (QED) is 0.417. The van der Waals surface area contributed by atoms with E-state index in [0.717, 1.165) is 20.1 Å². The molecule has 0 saturated heterocycles. The van der Waals surface area contributed by atoms with Crippen LogP contribution in [0, 0.1) is 0 Å². The molecule has 2 aliphatic carbocycles. The zero-order valence-corrected chi connectivity index (χ0v) is 21.9. The van der Waals surface area contributed by atoms with Crippen molar-refractivity contribution in [3.8, 4) is 0 Å². The Bertz CT molecular complexity index is 891. The molecule has 0 aromatic heterocycles. The second-order valence-electron chi connectivity index (χ2n) is 8.84. The fraction of sp³-hybridized carbons (Fsp3) is 0.385. The van der Waals surface area contributed by atoms with Gasteiger partial charge in [0.25, 0.3) is 0 Å². The van der Waals surface area contributed by atoms with Crippen molar-refractivity contribution in [3.63, 3.8) is 0 Å². The van der Waals surface area contributed by atoms with E-state index in [4.69, 9.17) is 0 Å². The topological polar surface area (TPSA) is 0 Å². The van der Waals surface area contributed by atoms with Gasteiger partial charge in [0.2, 0.25) is 0 Å². The number of benzene rings is 2. The molecule has 0 N–H and O–H groups in total. The van der Waals surface area contributed by atoms with Gasteiger partial charge in [0.05, 0.1) is 0 Å². The van der Waals surface area contributed by atoms with Crippen LogP contribution in [-0.4, -0.2) is 5.92 Å². The second-order valence-corrected chi connectivity index (χ2v) is 28.9. The fourth-order valence-corrected chi connectivity index (χ4v) is 28.8. The number of hydrogen-bond donors (Lipinski definition) is 0. The van der Waals surface area contributed by atoms with Gasteiger partial charge in [0.1, 0.15) is 0 Å². The molecule has 0 radical (unpaired) electrons. The first kappa shape index (κ1) is 20.3. The van der Waals surface area contributed by atoms with E-state index >= 15 is 0 Å². The van der Waals surface area contributed by atoms with E-state index in [-0.39, 0.29) is 0 Å². The molecule has 2 atom stereocenters. The molecule has 2 aromatic rings. The molecule has 0 fully saturated rings. The van der Waals surface area contributed by atoms with Crippen LogP contribution in [0.1, 0.15) is 68.3 Å². The Morgan fingerprint density at radius 2 is 1.18 bits per heavy atom. The number of rotatable bonds is 5. The average molecular weight is 465 g/mol. The SMILES string of the molecule is CCc1cccc2c1C=C(C)[CH]2[Zr]([CH]1C(C)=Cc2c(CC)cccc21)[SiH](C)C. The molecule has 2 unspecified atom stereocenters. The molecule has 4 rings (SSSR count). The van der Waals surface area contributed by atoms with Gasteiger partial charge in [0, 0.05) is 0 Å². The summed E-state index contributed by atoms with van der Waals surface area (Å²) in [5, 5.41) is 0. The molecule has 0 nitrogen and oxygen atoms in total. The number of allylic oxidation sites excluding steroid dienone is 2. The molecule has 2 aliphatic rings. The van der Waals surface area contributed by atoms with Crippen LogP contribution < -0.4 is 0 Å². The molecule has 2 heteroatoms. The van der Waals surface area contributed by atoms with Gasteiger partial charge in [-0.2, -0.15) is 0 Å². The minimum absolute atomic E-state index is 0.721. The summed E-state index contributed by atoms with van der Waals surface area (Å²) in [5.74, 6) is -0.721. The van der Waals surface area contributed by atoms with E-state index in [9.17, 15) is 0 Å². The number of hydrogen-bond acceptors (Lipinski definition) is 0. The van der Waals surface area contributed by atoms with Crippen LogP contribution in [0.2, 0.25) is 13.1 Å². The van der Waals surface area contributed by atoms with Crippen molar-refractivity contribution in [2.75, 3.05) is 0 Å². The summed E-state index contributed by atoms with van der Waals surface area (Å²) >= 11 is -1.81. The van der Waals surface area contributed by atoms with Crippen molar-refractivity contribution in [1.82, 2.24) is 0 Å². The van der Waals surface area contributed by atoms with Crippen molar-refractivity contribution >= 4 is 18.1 Å². The zero-order chi connectivity index (χ0) is 20.0. The van der Waals surface area contributed by atoms with E-state index in [1.807, 2.05) is 0 Å². The summed E-state index contributed by atoms with van der Waals surface area (Å²) in [5.41, 5.74) is 12.9. The van der Waals surface area contributed by atoms with Gasteiger partial charge in [-0.15, -0.1) is 0 Å². The van der Waals surface area contributed by atoms with E-state index in [1.54, 1.807) is 44.5 Å². The first-order valence-electron chi connectivity index (χ1n) is 10.9. The normalized spacial score (nSPS) is 20.1. The molecule has 28 heavy (non-hydrogen) atoms. The van der Waals surface area contributed by atoms with Crippen LogP contribution in [0.3, 0.4) is 0 Å². The molecule has 2 aromatic carbocycles. The standard InChI is InChI=1S/2C12H13.C2H7Si.Zr/c2*1-3-10-5-4-6-11-7-9(2)8-12(10)11;1-3-2;/h2*4-8H,3H2,1-2H3;3H,1-2H3;. The van der Waals surface area contributed by atoms with Gasteiger partial charge >= 0.3 is 181 Å². The summed E-state index contributed by atoms with van der Waals surface area (Å²) in [6.45, 7) is 14.8. The van der Waals surface area contributed by atoms with Gasteiger partial charge in [-0.3, -0.25) is 0 Å². The van der Waals surface area contributed by atoms with Crippen LogP contribution in [0.15, 0.2) is 47.5 Å². The average Bonchev–Trinajstić information content (AvgIpc) is 3.18. The van der Waals surface area contributed by atoms with Crippen LogP contribution in [0.25, 0.3) is 12.2 Å². The van der Waals surface area contributed by atoms with Gasteiger partial charge in [-0.05, 0) is 0 Å². The second kappa shape index (κ2) is 8.04. The Balaban J connectivity index is 1.84. The molecule has 0 amide bonds. The summed E-state index contributed by atoms with van der Waals surface area (Å²) in [7, 11) is 0. The van der Waals surface area contributed by atoms with E-state index in [2.05, 4.69) is 89.3 Å². The Morgan fingerprint density at radius 1 is 0.750 bits per heavy atom. The van der Waals surface area contributed by atoms with Crippen molar-refractivity contribution in [1.29, 1.82) is 0 Å². The number of fused-ring (bicyclic) bond motifs is 2. The molecule has 0 spiro atoms. The van der Waals surface area contributed by atoms with Gasteiger partial charge in [-0.1, -0.05) is 0 Å². The van der Waals surface area contributed by atoms with Crippen LogP contribution >= 0.6 is 0 Å². The fourth-order valence-electron chi connectivity index (χ4n) is 5.57. The molecule has 0 aliphatic heterocycles. The monoisotopic (exact) mass is 463 g/mol. The predicted molar refractivity (Wildman–Crippen MR) is 123 cm³/mol. The Hall–Kier alpha value is -0.980. The summed E-state index contributed by atoms with van der Waals surface area (Å²) in [6.07, 6.45) is 7.38. The van der Waals surface area contributed by atoms with E-state index in [0.29, 0.717) is 0 Å². The third-order valence-electron chi connectivity index (χ3n) is 6.83. The number of aryl methyl sites for hydroxylation is 2. The Kier molecular flexibility index (Phi) is 5.83. The minimum atomic E-state index is -1.81. The Morgan fingerprint density at radius 3 is 1.54 bits per heavy atom. The maximum atomic E-state index is 2.65. The summed E-state index contributed by atoms with van der Waals surface area (Å²) in [6, 6.07) is 14.2. The molecular formula is C26H33SiZr. The van der Waals surface area contributed by atoms with Gasteiger partial charge < -0.3 is 0 Å². The molecule has 0 bridgehead atoms. The zero-order valence-electron chi connectivity index (χ0n) is 18.3. The third kappa shape index (κ3) is 3.21. The van der Waals surface area contributed by atoms with Crippen LogP contribution in [0.5, 0.6) is 0 Å². The van der Waals surface area contributed by atoms with Crippen molar-refractivity contribution in [3.05, 3.63) is 80.9 Å². The summed E-state index contributed by atoms with van der Waals surface area (Å²) < 4.78 is 1.56. The first-order chi connectivity index (χ1) is 13.5. The van der Waals surface area contributed by atoms with Crippen LogP contribution in [-0.2, 0) is 33.8 Å². The van der Waals surface area contributed by atoms with Crippen molar-refractivity contribution < 1.29 is 20.9 Å². The van der Waals surface area contributed by atoms with Gasteiger partial charge in [-0.25, -0.2) is 0 Å². The van der Waals surface area contributed by atoms with E-state index < -0.39 is 26.8 Å². The summed E-state index contributed by atoms with van der Waals surface area (Å²) in [4.78, 5) is 0. The molecular weight excluding hydrogens is 432 g/mol. The third-order valence-corrected chi connectivity index (χ3v) is 29.0. The van der Waals surface area contributed by atoms with Crippen LogP contribution in [0.4, 0.5) is 0 Å². The Labute approximate surface area is 180 Å². The molecule has 0 heterocycles. The molecule has 145 valence electrons. The predicted octanol–water partition coefficient (Wildman–Crippen LogP) is 7.03. The van der Waals surface area contributed by atoms with Crippen molar-refractivity contribution in [2.24, 2.45) is 0 Å². The molecule has 0 saturated carbocycles. The van der Waals surface area contributed by atoms with E-state index in [1.165, 1.54) is 0 Å².